The third-order valence-corrected chi connectivity index (χ3v) is 19.9. The fraction of sp³-hybridized carbons (Fsp3) is 0.904. The van der Waals surface area contributed by atoms with Crippen molar-refractivity contribution in [3.63, 3.8) is 0 Å². The third kappa shape index (κ3) is 9.52. The van der Waals surface area contributed by atoms with Crippen molar-refractivity contribution in [3.8, 4) is 0 Å². The van der Waals surface area contributed by atoms with Crippen LogP contribution >= 0.6 is 0 Å². The van der Waals surface area contributed by atoms with Gasteiger partial charge in [-0.3, -0.25) is 14.4 Å². The first-order chi connectivity index (χ1) is 34.0. The fourth-order valence-corrected chi connectivity index (χ4v) is 15.5. The molecule has 0 aromatic carbocycles. The molecule has 0 amide bonds. The van der Waals surface area contributed by atoms with Crippen LogP contribution in [0.3, 0.4) is 0 Å². The van der Waals surface area contributed by atoms with Crippen molar-refractivity contribution >= 4 is 17.9 Å². The van der Waals surface area contributed by atoms with Crippen molar-refractivity contribution in [2.75, 3.05) is 19.8 Å². The molecule has 3 aliphatic heterocycles. The monoisotopic (exact) mass is 1040 g/mol. The fourth-order valence-electron chi connectivity index (χ4n) is 15.5. The van der Waals surface area contributed by atoms with Crippen molar-refractivity contribution in [1.29, 1.82) is 0 Å². The highest BCUT2D eigenvalue weighted by Gasteiger charge is 2.71. The predicted octanol–water partition coefficient (Wildman–Crippen LogP) is 0.253. The second-order valence-corrected chi connectivity index (χ2v) is 24.7. The normalized spacial score (nSPS) is 51.5. The molecule has 8 rings (SSSR count). The molecule has 7 fully saturated rings. The van der Waals surface area contributed by atoms with E-state index in [9.17, 15) is 60.7 Å². The van der Waals surface area contributed by atoms with Crippen LogP contribution in [0, 0.1) is 50.2 Å². The Morgan fingerprint density at radius 2 is 1.26 bits per heavy atom. The molecule has 3 heterocycles. The molecule has 5 aliphatic carbocycles. The van der Waals surface area contributed by atoms with Crippen LogP contribution in [0.25, 0.3) is 0 Å². The van der Waals surface area contributed by atoms with Crippen LogP contribution < -0.4 is 0 Å². The zero-order valence-electron chi connectivity index (χ0n) is 43.6. The van der Waals surface area contributed by atoms with Gasteiger partial charge in [0.15, 0.2) is 18.7 Å². The van der Waals surface area contributed by atoms with Crippen LogP contribution in [0.5, 0.6) is 0 Å². The Morgan fingerprint density at radius 3 is 1.90 bits per heavy atom. The summed E-state index contributed by atoms with van der Waals surface area (Å²) in [7, 11) is 0. The van der Waals surface area contributed by atoms with E-state index in [-0.39, 0.29) is 35.2 Å². The number of aliphatic hydroxyl groups excluding tert-OH is 10. The molecule has 416 valence electrons. The minimum absolute atomic E-state index is 0.0243. The number of hydrogen-bond donors (Lipinski definition) is 10. The molecule has 8 aliphatic rings. The van der Waals surface area contributed by atoms with Gasteiger partial charge in [0.05, 0.1) is 36.9 Å². The van der Waals surface area contributed by atoms with Crippen LogP contribution in [-0.4, -0.2) is 193 Å². The van der Waals surface area contributed by atoms with Gasteiger partial charge in [-0.05, 0) is 104 Å². The highest BCUT2D eigenvalue weighted by Crippen LogP contribution is 2.76. The van der Waals surface area contributed by atoms with Gasteiger partial charge in [-0.25, -0.2) is 0 Å². The summed E-state index contributed by atoms with van der Waals surface area (Å²) in [5, 5.41) is 110. The van der Waals surface area contributed by atoms with Crippen molar-refractivity contribution in [1.82, 2.24) is 0 Å². The first kappa shape index (κ1) is 56.7. The van der Waals surface area contributed by atoms with Gasteiger partial charge in [0.1, 0.15) is 67.6 Å². The van der Waals surface area contributed by atoms with Gasteiger partial charge in [-0.1, -0.05) is 53.2 Å². The number of ether oxygens (including phenoxy) is 8. The Morgan fingerprint density at radius 1 is 0.658 bits per heavy atom. The molecular formula is C52H82O21. The summed E-state index contributed by atoms with van der Waals surface area (Å²) in [5.41, 5.74) is -2.41. The second-order valence-electron chi connectivity index (χ2n) is 24.7. The van der Waals surface area contributed by atoms with E-state index in [1.165, 1.54) is 13.8 Å². The lowest BCUT2D eigenvalue weighted by atomic mass is 9.33. The largest absolute Gasteiger partial charge is 0.465 e. The molecule has 0 bridgehead atoms. The second kappa shape index (κ2) is 20.4. The van der Waals surface area contributed by atoms with Gasteiger partial charge in [0, 0.05) is 19.3 Å². The molecule has 0 aromatic rings. The lowest BCUT2D eigenvalue weighted by Crippen LogP contribution is -2.68. The van der Waals surface area contributed by atoms with Crippen LogP contribution in [0.1, 0.15) is 120 Å². The molecular weight excluding hydrogens is 961 g/mol. The average molecular weight is 1040 g/mol. The number of allylic oxidation sites excluding steroid dienone is 2. The van der Waals surface area contributed by atoms with Gasteiger partial charge in [0.2, 0.25) is 6.29 Å². The number of carbonyl (C=O) groups excluding carboxylic acids is 3. The molecule has 25 atom stereocenters. The molecule has 0 spiro atoms. The number of fused-ring (bicyclic) bond motifs is 7. The summed E-state index contributed by atoms with van der Waals surface area (Å²) < 4.78 is 47.7. The van der Waals surface area contributed by atoms with E-state index in [2.05, 4.69) is 40.7 Å². The number of aliphatic hydroxyl groups is 10. The summed E-state index contributed by atoms with van der Waals surface area (Å²) >= 11 is 0. The van der Waals surface area contributed by atoms with Crippen LogP contribution in [0.15, 0.2) is 11.6 Å². The maximum atomic E-state index is 15.7. The maximum absolute atomic E-state index is 15.7. The molecule has 21 heteroatoms. The first-order valence-electron chi connectivity index (χ1n) is 26.2. The summed E-state index contributed by atoms with van der Waals surface area (Å²) in [6, 6.07) is 0. The number of carbonyl (C=O) groups is 3. The van der Waals surface area contributed by atoms with E-state index >= 15 is 4.79 Å². The van der Waals surface area contributed by atoms with Crippen LogP contribution in [0.4, 0.5) is 0 Å². The highest BCUT2D eigenvalue weighted by molar-refractivity contribution is 5.79. The average Bonchev–Trinajstić information content (AvgIpc) is 3.32. The molecule has 0 unspecified atom stereocenters. The minimum Gasteiger partial charge on any atom is -0.465 e. The zero-order chi connectivity index (χ0) is 53.7. The van der Waals surface area contributed by atoms with E-state index in [1.54, 1.807) is 0 Å². The number of rotatable bonds is 11. The molecule has 0 radical (unpaired) electrons. The lowest BCUT2D eigenvalue weighted by molar-refractivity contribution is -0.387. The van der Waals surface area contributed by atoms with Gasteiger partial charge < -0.3 is 89.0 Å². The van der Waals surface area contributed by atoms with Crippen molar-refractivity contribution in [3.05, 3.63) is 11.6 Å². The van der Waals surface area contributed by atoms with Crippen molar-refractivity contribution in [2.45, 2.75) is 224 Å². The van der Waals surface area contributed by atoms with Gasteiger partial charge in [0.25, 0.3) is 0 Å². The Balaban J connectivity index is 1.16. The summed E-state index contributed by atoms with van der Waals surface area (Å²) in [4.78, 5) is 40.0. The quantitative estimate of drug-likeness (QED) is 0.0753. The first-order valence-corrected chi connectivity index (χ1v) is 26.2. The minimum atomic E-state index is -1.99. The van der Waals surface area contributed by atoms with Gasteiger partial charge in [-0.15, -0.1) is 0 Å². The van der Waals surface area contributed by atoms with E-state index in [1.807, 2.05) is 6.92 Å². The lowest BCUT2D eigenvalue weighted by Gasteiger charge is -2.71. The zero-order valence-corrected chi connectivity index (χ0v) is 43.6. The maximum Gasteiger partial charge on any atom is 0.315 e. The smallest absolute Gasteiger partial charge is 0.315 e. The summed E-state index contributed by atoms with van der Waals surface area (Å²) in [6.45, 7) is 15.5. The van der Waals surface area contributed by atoms with E-state index in [0.717, 1.165) is 18.9 Å². The summed E-state index contributed by atoms with van der Waals surface area (Å²) in [5.74, 6) is -2.29. The molecule has 4 saturated carbocycles. The van der Waals surface area contributed by atoms with Gasteiger partial charge in [-0.2, -0.15) is 0 Å². The molecule has 10 N–H and O–H groups in total. The third-order valence-electron chi connectivity index (χ3n) is 19.9. The molecule has 73 heavy (non-hydrogen) atoms. The number of hydrogen-bond acceptors (Lipinski definition) is 21. The van der Waals surface area contributed by atoms with Crippen molar-refractivity contribution in [2.24, 2.45) is 50.2 Å². The van der Waals surface area contributed by atoms with E-state index in [4.69, 9.17) is 37.9 Å². The molecule has 21 nitrogen and oxygen atoms in total. The van der Waals surface area contributed by atoms with Gasteiger partial charge >= 0.3 is 17.9 Å². The Kier molecular flexibility index (Phi) is 15.9. The predicted molar refractivity (Wildman–Crippen MR) is 251 cm³/mol. The van der Waals surface area contributed by atoms with E-state index in [0.29, 0.717) is 51.4 Å². The summed E-state index contributed by atoms with van der Waals surface area (Å²) in [6.07, 6.45) is -20.9. The topological polar surface area (TPSA) is 327 Å². The van der Waals surface area contributed by atoms with Crippen LogP contribution in [-0.2, 0) is 52.3 Å². The Bertz CT molecular complexity index is 2070. The van der Waals surface area contributed by atoms with Crippen LogP contribution in [0.2, 0.25) is 0 Å². The van der Waals surface area contributed by atoms with E-state index < -0.39 is 157 Å². The SMILES string of the molecule is CC(=O)OC[C@H]1O[C@@H](OC(=O)[C@]23CCC(C)(C)C[C@H]2C2=CC[C@@H]4[C@@]5(C)C[C@H](O)[C@H](O)[C@@](C)(COC(C)=O)[C@@H]5CC[C@@]4(C)[C@]2(C)CC3)[C@H](O[C@@H]2O[C@@H](C)[C@H](O)[C@@H](O)[C@H]2O)[C@@H](O[C@@H]2O[C@H](CO)[C@@H](O)[C@H](O)[C@H]2O)[C@@H]1O. The molecule has 0 aromatic heterocycles. The molecule has 3 saturated heterocycles. The highest BCUT2D eigenvalue weighted by atomic mass is 16.8. The number of esters is 3. The standard InChI is InChI=1S/C52H82O21/c1-23-33(57)36(60)38(62)43(68-23)72-41-40(71-44-39(63)37(61)34(58)29(20-53)69-44)35(59)30(21-66-24(2)54)70-45(41)73-46(65)52-16-14-47(4,5)18-27(52)26-10-11-32-48(6)19-28(56)42(64)49(7,22-67-25(3)55)31(48)12-13-51(32,9)50(26,8)15-17-52/h10,23,27-45,53,56-64H,11-22H2,1-9H3/t23-,27-,28-,29+,30+,31+,32+,33-,34+,35+,36+,37-,38+,39+,40-,41+,42-,43-,44-,45-,48-,49-,50+,51+,52-/m0/s1. The Labute approximate surface area is 426 Å². The van der Waals surface area contributed by atoms with Crippen molar-refractivity contribution < 1.29 is 103 Å². The Hall–Kier alpha value is -2.45.